The molecule has 78 valence electrons. The first kappa shape index (κ1) is 15.1. The molecule has 0 aliphatic carbocycles. The standard InChI is InChI=1S/C7H12O2S.C3H8/c1-2-3-5-10-6-4-7(8)9;1-3-2/h4,6H,2-3,5H2,1H3,(H,8,9);3H2,1-2H3. The number of hydrogen-bond acceptors (Lipinski definition) is 2. The largest absolute Gasteiger partial charge is 0.478 e. The molecule has 0 atom stereocenters. The number of hydrogen-bond donors (Lipinski definition) is 1. The number of aliphatic carboxylic acids is 1. The van der Waals surface area contributed by atoms with E-state index < -0.39 is 5.97 Å². The fraction of sp³-hybridized carbons (Fsp3) is 0.700. The van der Waals surface area contributed by atoms with Crippen LogP contribution in [0, 0.1) is 0 Å². The van der Waals surface area contributed by atoms with Crippen molar-refractivity contribution in [3.05, 3.63) is 11.5 Å². The topological polar surface area (TPSA) is 37.3 Å². The molecular formula is C10H20O2S. The summed E-state index contributed by atoms with van der Waals surface area (Å²) in [6.45, 7) is 6.36. The van der Waals surface area contributed by atoms with Gasteiger partial charge in [0.25, 0.3) is 0 Å². The second-order valence-electron chi connectivity index (χ2n) is 2.57. The zero-order chi connectivity index (χ0) is 10.5. The summed E-state index contributed by atoms with van der Waals surface area (Å²) in [6, 6.07) is 0. The molecule has 0 saturated carbocycles. The number of carboxylic acid groups (broad SMARTS) is 1. The summed E-state index contributed by atoms with van der Waals surface area (Å²) in [5, 5.41) is 9.79. The second kappa shape index (κ2) is 14.1. The van der Waals surface area contributed by atoms with Crippen LogP contribution < -0.4 is 0 Å². The zero-order valence-electron chi connectivity index (χ0n) is 8.75. The number of unbranched alkanes of at least 4 members (excludes halogenated alkanes) is 1. The Balaban J connectivity index is 0. The maximum atomic E-state index is 9.93. The summed E-state index contributed by atoms with van der Waals surface area (Å²) in [6.07, 6.45) is 4.73. The molecule has 0 heterocycles. The quantitative estimate of drug-likeness (QED) is 0.550. The first-order valence-corrected chi connectivity index (χ1v) is 5.74. The Morgan fingerprint density at radius 2 is 1.92 bits per heavy atom. The summed E-state index contributed by atoms with van der Waals surface area (Å²) >= 11 is 1.54. The van der Waals surface area contributed by atoms with Gasteiger partial charge in [-0.3, -0.25) is 0 Å². The van der Waals surface area contributed by atoms with Crippen LogP contribution in [0.15, 0.2) is 11.5 Å². The van der Waals surface area contributed by atoms with E-state index >= 15 is 0 Å². The first-order chi connectivity index (χ1) is 6.18. The average molecular weight is 204 g/mol. The fourth-order valence-electron chi connectivity index (χ4n) is 0.402. The van der Waals surface area contributed by atoms with E-state index in [2.05, 4.69) is 20.8 Å². The summed E-state index contributed by atoms with van der Waals surface area (Å²) in [7, 11) is 0. The molecule has 0 bridgehead atoms. The molecule has 0 aromatic rings. The van der Waals surface area contributed by atoms with Crippen molar-refractivity contribution in [1.82, 2.24) is 0 Å². The van der Waals surface area contributed by atoms with Gasteiger partial charge in [0.05, 0.1) is 0 Å². The minimum Gasteiger partial charge on any atom is -0.478 e. The Bertz CT molecular complexity index is 133. The lowest BCUT2D eigenvalue weighted by Crippen LogP contribution is -1.84. The van der Waals surface area contributed by atoms with Crippen molar-refractivity contribution in [3.63, 3.8) is 0 Å². The molecule has 13 heavy (non-hydrogen) atoms. The van der Waals surface area contributed by atoms with Crippen LogP contribution in [0.2, 0.25) is 0 Å². The maximum absolute atomic E-state index is 9.93. The normalized spacial score (nSPS) is 9.46. The lowest BCUT2D eigenvalue weighted by molar-refractivity contribution is -0.131. The predicted octanol–water partition coefficient (Wildman–Crippen LogP) is 3.53. The molecule has 3 heteroatoms. The number of carbonyl (C=O) groups is 1. The molecular weight excluding hydrogens is 184 g/mol. The van der Waals surface area contributed by atoms with E-state index in [-0.39, 0.29) is 0 Å². The SMILES string of the molecule is CCC.CCCCSC=CC(=O)O. The molecule has 0 unspecified atom stereocenters. The summed E-state index contributed by atoms with van der Waals surface area (Å²) in [5.74, 6) is 0.143. The van der Waals surface area contributed by atoms with Crippen molar-refractivity contribution in [2.75, 3.05) is 5.75 Å². The molecule has 2 nitrogen and oxygen atoms in total. The van der Waals surface area contributed by atoms with Crippen molar-refractivity contribution in [3.8, 4) is 0 Å². The third-order valence-corrected chi connectivity index (χ3v) is 1.78. The van der Waals surface area contributed by atoms with Crippen molar-refractivity contribution in [1.29, 1.82) is 0 Å². The molecule has 0 saturated heterocycles. The third-order valence-electron chi connectivity index (χ3n) is 0.923. The van der Waals surface area contributed by atoms with E-state index in [9.17, 15) is 4.79 Å². The van der Waals surface area contributed by atoms with Crippen molar-refractivity contribution < 1.29 is 9.90 Å². The van der Waals surface area contributed by atoms with E-state index in [0.717, 1.165) is 18.6 Å². The van der Waals surface area contributed by atoms with E-state index in [4.69, 9.17) is 5.11 Å². The van der Waals surface area contributed by atoms with E-state index in [1.54, 1.807) is 17.2 Å². The van der Waals surface area contributed by atoms with Crippen LogP contribution in [-0.2, 0) is 4.79 Å². The summed E-state index contributed by atoms with van der Waals surface area (Å²) < 4.78 is 0. The maximum Gasteiger partial charge on any atom is 0.328 e. The van der Waals surface area contributed by atoms with Gasteiger partial charge in [0, 0.05) is 6.08 Å². The molecule has 0 aromatic heterocycles. The van der Waals surface area contributed by atoms with Crippen molar-refractivity contribution >= 4 is 17.7 Å². The monoisotopic (exact) mass is 204 g/mol. The highest BCUT2D eigenvalue weighted by atomic mass is 32.2. The molecule has 0 amide bonds. The Labute approximate surface area is 85.4 Å². The van der Waals surface area contributed by atoms with Gasteiger partial charge in [-0.25, -0.2) is 4.79 Å². The van der Waals surface area contributed by atoms with Gasteiger partial charge in [0.15, 0.2) is 0 Å². The Hall–Kier alpha value is -0.440. The number of rotatable bonds is 5. The highest BCUT2D eigenvalue weighted by Gasteiger charge is 1.85. The van der Waals surface area contributed by atoms with E-state index in [1.165, 1.54) is 12.5 Å². The lowest BCUT2D eigenvalue weighted by Gasteiger charge is -1.89. The lowest BCUT2D eigenvalue weighted by atomic mass is 10.4. The Kier molecular flexibility index (Phi) is 16.3. The Morgan fingerprint density at radius 3 is 2.31 bits per heavy atom. The highest BCUT2D eigenvalue weighted by molar-refractivity contribution is 8.02. The minimum absolute atomic E-state index is 0.871. The minimum atomic E-state index is -0.871. The predicted molar refractivity (Wildman–Crippen MR) is 60.1 cm³/mol. The third kappa shape index (κ3) is 24.6. The molecule has 1 N–H and O–H groups in total. The smallest absolute Gasteiger partial charge is 0.328 e. The fourth-order valence-corrected chi connectivity index (χ4v) is 1.21. The molecule has 0 aliphatic rings. The molecule has 0 rings (SSSR count). The number of thioether (sulfide) groups is 1. The van der Waals surface area contributed by atoms with E-state index in [0.29, 0.717) is 0 Å². The second-order valence-corrected chi connectivity index (χ2v) is 3.59. The summed E-state index contributed by atoms with van der Waals surface area (Å²) in [5.41, 5.74) is 0. The highest BCUT2D eigenvalue weighted by Crippen LogP contribution is 2.04. The molecule has 0 spiro atoms. The van der Waals surface area contributed by atoms with Gasteiger partial charge >= 0.3 is 5.97 Å². The van der Waals surface area contributed by atoms with Crippen LogP contribution in [0.3, 0.4) is 0 Å². The summed E-state index contributed by atoms with van der Waals surface area (Å²) in [4.78, 5) is 9.93. The van der Waals surface area contributed by atoms with Crippen LogP contribution in [0.25, 0.3) is 0 Å². The average Bonchev–Trinajstić information content (AvgIpc) is 2.05. The molecule has 0 aliphatic heterocycles. The van der Waals surface area contributed by atoms with Crippen LogP contribution in [0.5, 0.6) is 0 Å². The van der Waals surface area contributed by atoms with Gasteiger partial charge in [0.2, 0.25) is 0 Å². The Morgan fingerprint density at radius 1 is 1.38 bits per heavy atom. The van der Waals surface area contributed by atoms with Gasteiger partial charge in [-0.15, -0.1) is 11.8 Å². The molecule has 0 aromatic carbocycles. The van der Waals surface area contributed by atoms with Gasteiger partial charge in [-0.05, 0) is 17.6 Å². The molecule has 0 radical (unpaired) electrons. The first-order valence-electron chi connectivity index (χ1n) is 4.70. The van der Waals surface area contributed by atoms with Crippen LogP contribution in [-0.4, -0.2) is 16.8 Å². The van der Waals surface area contributed by atoms with E-state index in [1.807, 2.05) is 0 Å². The van der Waals surface area contributed by atoms with Gasteiger partial charge < -0.3 is 5.11 Å². The van der Waals surface area contributed by atoms with Gasteiger partial charge in [-0.1, -0.05) is 33.6 Å². The van der Waals surface area contributed by atoms with Gasteiger partial charge in [0.1, 0.15) is 0 Å². The number of carboxylic acids is 1. The molecule has 0 fully saturated rings. The van der Waals surface area contributed by atoms with Crippen LogP contribution in [0.4, 0.5) is 0 Å². The zero-order valence-corrected chi connectivity index (χ0v) is 9.56. The van der Waals surface area contributed by atoms with Gasteiger partial charge in [-0.2, -0.15) is 0 Å². The van der Waals surface area contributed by atoms with Crippen LogP contribution in [0.1, 0.15) is 40.0 Å². The van der Waals surface area contributed by atoms with Crippen molar-refractivity contribution in [2.24, 2.45) is 0 Å². The van der Waals surface area contributed by atoms with Crippen LogP contribution >= 0.6 is 11.8 Å². The van der Waals surface area contributed by atoms with Crippen molar-refractivity contribution in [2.45, 2.75) is 40.0 Å².